The average molecular weight is 513 g/mol. The average Bonchev–Trinajstić information content (AvgIpc) is 3.37. The van der Waals surface area contributed by atoms with Gasteiger partial charge < -0.3 is 15.5 Å². The van der Waals surface area contributed by atoms with Gasteiger partial charge in [-0.3, -0.25) is 4.98 Å². The number of hydrogen-bond donors (Lipinski definition) is 2. The van der Waals surface area contributed by atoms with E-state index in [9.17, 15) is 4.79 Å². The van der Waals surface area contributed by atoms with E-state index in [-0.39, 0.29) is 11.9 Å². The van der Waals surface area contributed by atoms with Crippen LogP contribution >= 0.6 is 0 Å². The fourth-order valence-electron chi connectivity index (χ4n) is 5.09. The van der Waals surface area contributed by atoms with Crippen LogP contribution in [0.3, 0.4) is 0 Å². The molecule has 4 heterocycles. The van der Waals surface area contributed by atoms with Gasteiger partial charge in [0.15, 0.2) is 5.65 Å². The van der Waals surface area contributed by atoms with Crippen LogP contribution in [-0.2, 0) is 6.54 Å². The molecular formula is C30H28BN7O. The molecule has 39 heavy (non-hydrogen) atoms. The zero-order valence-electron chi connectivity index (χ0n) is 21.5. The van der Waals surface area contributed by atoms with Crippen molar-refractivity contribution < 1.29 is 4.79 Å². The lowest BCUT2D eigenvalue weighted by molar-refractivity contribution is 0.192. The maximum atomic E-state index is 13.4. The van der Waals surface area contributed by atoms with Crippen molar-refractivity contribution in [1.82, 2.24) is 24.5 Å². The Labute approximate surface area is 228 Å². The van der Waals surface area contributed by atoms with Gasteiger partial charge in [0.25, 0.3) is 0 Å². The van der Waals surface area contributed by atoms with Gasteiger partial charge in [-0.05, 0) is 41.6 Å². The normalized spacial score (nSPS) is 15.3. The quantitative estimate of drug-likeness (QED) is 0.324. The van der Waals surface area contributed by atoms with Gasteiger partial charge in [-0.25, -0.2) is 9.78 Å². The van der Waals surface area contributed by atoms with Gasteiger partial charge in [-0.1, -0.05) is 54.6 Å². The number of fused-ring (bicyclic) bond motifs is 1. The molecule has 2 aromatic carbocycles. The number of carbonyl (C=O) groups is 1. The lowest BCUT2D eigenvalue weighted by Gasteiger charge is -2.33. The number of aromatic nitrogens is 4. The molecule has 9 heteroatoms. The summed E-state index contributed by atoms with van der Waals surface area (Å²) >= 11 is 0. The predicted molar refractivity (Wildman–Crippen MR) is 154 cm³/mol. The van der Waals surface area contributed by atoms with Crippen LogP contribution in [0.4, 0.5) is 16.3 Å². The van der Waals surface area contributed by atoms with Crippen molar-refractivity contribution in [3.8, 4) is 11.1 Å². The molecule has 1 fully saturated rings. The highest BCUT2D eigenvalue weighted by Gasteiger charge is 2.27. The van der Waals surface area contributed by atoms with E-state index in [1.165, 1.54) is 0 Å². The zero-order valence-corrected chi connectivity index (χ0v) is 21.5. The van der Waals surface area contributed by atoms with Gasteiger partial charge in [0.2, 0.25) is 0 Å². The highest BCUT2D eigenvalue weighted by molar-refractivity contribution is 6.36. The number of likely N-dealkylation sites (tertiary alicyclic amines) is 1. The summed E-state index contributed by atoms with van der Waals surface area (Å²) in [5.74, 6) is 0.876. The molecule has 2 amide bonds. The van der Waals surface area contributed by atoms with E-state index in [2.05, 4.69) is 20.7 Å². The first kappa shape index (κ1) is 24.7. The molecule has 0 aliphatic carbocycles. The van der Waals surface area contributed by atoms with E-state index in [0.717, 1.165) is 46.7 Å². The Hall–Kier alpha value is -4.66. The summed E-state index contributed by atoms with van der Waals surface area (Å²) < 4.78 is 1.73. The van der Waals surface area contributed by atoms with Gasteiger partial charge in [0.1, 0.15) is 13.7 Å². The molecule has 6 rings (SSSR count). The standard InChI is InChI=1S/C30H28BN7O/c31-25-19-34-38-28(33-18-21-8-6-14-32-17-21)16-27(35-29(25)38)23-11-7-15-37(20-23)30(39)36-26-13-5-4-12-24(26)22-9-2-1-3-10-22/h1-6,8-10,12-14,16-17,19,23,33H,7,11,15,18,20H2,(H,36,39). The minimum Gasteiger partial charge on any atom is -0.366 e. The minimum absolute atomic E-state index is 0.0760. The maximum absolute atomic E-state index is 13.4. The molecule has 3 aromatic heterocycles. The SMILES string of the molecule is [B]c1cnn2c(NCc3cccnc3)cc(C3CCCN(C(=O)Nc4ccccc4-c4ccccc4)C3)nc12. The Morgan fingerprint density at radius 1 is 1.03 bits per heavy atom. The van der Waals surface area contributed by atoms with E-state index in [4.69, 9.17) is 12.8 Å². The summed E-state index contributed by atoms with van der Waals surface area (Å²) in [6, 6.07) is 23.8. The molecule has 1 unspecified atom stereocenters. The molecule has 0 bridgehead atoms. The fourth-order valence-corrected chi connectivity index (χ4v) is 5.09. The second kappa shape index (κ2) is 11.0. The largest absolute Gasteiger partial charge is 0.366 e. The monoisotopic (exact) mass is 513 g/mol. The van der Waals surface area contributed by atoms with Crippen molar-refractivity contribution in [1.29, 1.82) is 0 Å². The molecule has 8 nitrogen and oxygen atoms in total. The van der Waals surface area contributed by atoms with Crippen LogP contribution in [0.5, 0.6) is 0 Å². The first-order chi connectivity index (χ1) is 19.2. The van der Waals surface area contributed by atoms with Crippen LogP contribution in [0.2, 0.25) is 0 Å². The summed E-state index contributed by atoms with van der Waals surface area (Å²) in [5.41, 5.74) is 5.93. The summed E-state index contributed by atoms with van der Waals surface area (Å²) in [6.45, 7) is 1.85. The number of benzene rings is 2. The fraction of sp³-hybridized carbons (Fsp3) is 0.200. The van der Waals surface area contributed by atoms with Crippen molar-refractivity contribution in [2.45, 2.75) is 25.3 Å². The van der Waals surface area contributed by atoms with Crippen LogP contribution in [0.1, 0.15) is 30.0 Å². The van der Waals surface area contributed by atoms with Gasteiger partial charge in [0, 0.05) is 55.8 Å². The van der Waals surface area contributed by atoms with Crippen LogP contribution < -0.4 is 16.1 Å². The van der Waals surface area contributed by atoms with Crippen molar-refractivity contribution >= 4 is 36.5 Å². The first-order valence-electron chi connectivity index (χ1n) is 13.1. The number of rotatable bonds is 6. The summed E-state index contributed by atoms with van der Waals surface area (Å²) in [5, 5.41) is 11.0. The van der Waals surface area contributed by atoms with Gasteiger partial charge >= 0.3 is 6.03 Å². The first-order valence-corrected chi connectivity index (χ1v) is 13.1. The number of pyridine rings is 1. The lowest BCUT2D eigenvalue weighted by atomic mass is 9.94. The number of piperidine rings is 1. The third-order valence-electron chi connectivity index (χ3n) is 7.10. The predicted octanol–water partition coefficient (Wildman–Crippen LogP) is 4.61. The minimum atomic E-state index is -0.108. The number of para-hydroxylation sites is 1. The Kier molecular flexibility index (Phi) is 6.95. The molecule has 1 aliphatic rings. The van der Waals surface area contributed by atoms with Gasteiger partial charge in [-0.15, -0.1) is 0 Å². The Morgan fingerprint density at radius 3 is 2.72 bits per heavy atom. The molecule has 2 N–H and O–H groups in total. The second-order valence-corrected chi connectivity index (χ2v) is 9.74. The maximum Gasteiger partial charge on any atom is 0.321 e. The highest BCUT2D eigenvalue weighted by Crippen LogP contribution is 2.30. The number of urea groups is 1. The van der Waals surface area contributed by atoms with Crippen LogP contribution in [0.15, 0.2) is 91.4 Å². The summed E-state index contributed by atoms with van der Waals surface area (Å²) in [7, 11) is 6.22. The van der Waals surface area contributed by atoms with Crippen molar-refractivity contribution in [2.75, 3.05) is 23.7 Å². The van der Waals surface area contributed by atoms with E-state index in [1.807, 2.05) is 83.9 Å². The van der Waals surface area contributed by atoms with Crippen LogP contribution in [0, 0.1) is 0 Å². The van der Waals surface area contributed by atoms with Crippen LogP contribution in [0.25, 0.3) is 16.8 Å². The smallest absolute Gasteiger partial charge is 0.321 e. The molecular weight excluding hydrogens is 485 g/mol. The van der Waals surface area contributed by atoms with E-state index >= 15 is 0 Å². The number of anilines is 2. The molecule has 0 spiro atoms. The number of carbonyl (C=O) groups excluding carboxylic acids is 1. The van der Waals surface area contributed by atoms with E-state index in [0.29, 0.717) is 30.7 Å². The molecule has 1 atom stereocenters. The zero-order chi connectivity index (χ0) is 26.6. The summed E-state index contributed by atoms with van der Waals surface area (Å²) in [4.78, 5) is 24.4. The number of nitrogens with one attached hydrogen (secondary N) is 2. The van der Waals surface area contributed by atoms with Gasteiger partial charge in [0.05, 0.1) is 11.4 Å². The van der Waals surface area contributed by atoms with Gasteiger partial charge in [-0.2, -0.15) is 9.61 Å². The molecule has 1 saturated heterocycles. The van der Waals surface area contributed by atoms with E-state index < -0.39 is 0 Å². The lowest BCUT2D eigenvalue weighted by Crippen LogP contribution is -2.42. The second-order valence-electron chi connectivity index (χ2n) is 9.74. The molecule has 0 saturated carbocycles. The Bertz CT molecular complexity index is 1590. The molecule has 2 radical (unpaired) electrons. The summed E-state index contributed by atoms with van der Waals surface area (Å²) in [6.07, 6.45) is 7.03. The van der Waals surface area contributed by atoms with Crippen molar-refractivity contribution in [3.05, 3.63) is 103 Å². The van der Waals surface area contributed by atoms with Crippen molar-refractivity contribution in [3.63, 3.8) is 0 Å². The number of hydrogen-bond acceptors (Lipinski definition) is 5. The third kappa shape index (κ3) is 5.34. The van der Waals surface area contributed by atoms with Crippen molar-refractivity contribution in [2.24, 2.45) is 0 Å². The van der Waals surface area contributed by atoms with E-state index in [1.54, 1.807) is 16.9 Å². The molecule has 192 valence electrons. The molecule has 5 aromatic rings. The number of nitrogens with zero attached hydrogens (tertiary/aromatic N) is 5. The molecule has 1 aliphatic heterocycles. The number of amides is 2. The topological polar surface area (TPSA) is 87.5 Å². The highest BCUT2D eigenvalue weighted by atomic mass is 16.2. The van der Waals surface area contributed by atoms with Crippen LogP contribution in [-0.4, -0.2) is 51.4 Å². The Morgan fingerprint density at radius 2 is 1.87 bits per heavy atom. The Balaban J connectivity index is 1.22. The third-order valence-corrected chi connectivity index (χ3v) is 7.10.